The molecule has 0 rings (SSSR count). The van der Waals surface area contributed by atoms with Crippen molar-refractivity contribution < 1.29 is 18.3 Å². The maximum atomic E-state index is 6.31. The minimum Gasteiger partial charge on any atom is -0.422 e. The third-order valence-electron chi connectivity index (χ3n) is 5.28. The fourth-order valence-electron chi connectivity index (χ4n) is 3.79. The molecule has 0 spiro atoms. The number of rotatable bonds is 17. The zero-order valence-corrected chi connectivity index (χ0v) is 22.4. The minimum absolute atomic E-state index is 0.122. The van der Waals surface area contributed by atoms with Crippen LogP contribution in [0.3, 0.4) is 0 Å². The summed E-state index contributed by atoms with van der Waals surface area (Å²) in [5.41, 5.74) is 0.0568. The first-order valence-corrected chi connectivity index (χ1v) is 13.7. The molecule has 5 nitrogen and oxygen atoms in total. The van der Waals surface area contributed by atoms with Crippen LogP contribution in [0.25, 0.3) is 0 Å². The predicted octanol–water partition coefficient (Wildman–Crippen LogP) is 2.61. The fraction of sp³-hybridized carbons (Fsp3) is 1.00. The van der Waals surface area contributed by atoms with Gasteiger partial charge in [-0.1, -0.05) is 20.8 Å². The Balaban J connectivity index is 5.61. The molecule has 0 aliphatic carbocycles. The van der Waals surface area contributed by atoms with Crippen LogP contribution in [0.5, 0.6) is 0 Å². The van der Waals surface area contributed by atoms with Gasteiger partial charge in [0, 0.05) is 37.5 Å². The molecule has 27 heavy (non-hydrogen) atoms. The number of hydrogen-bond acceptors (Lipinski definition) is 5. The summed E-state index contributed by atoms with van der Waals surface area (Å²) >= 11 is 0. The quantitative estimate of drug-likeness (QED) is 0.338. The van der Waals surface area contributed by atoms with Gasteiger partial charge in [0.15, 0.2) is 19.5 Å². The molecule has 0 fully saturated rings. The summed E-state index contributed by atoms with van der Waals surface area (Å²) in [5.74, 6) is 0. The summed E-state index contributed by atoms with van der Waals surface area (Å²) in [6.07, 6.45) is 2.06. The molecule has 0 bridgehead atoms. The lowest BCUT2D eigenvalue weighted by molar-refractivity contribution is -0.0996. The van der Waals surface area contributed by atoms with Gasteiger partial charge in [-0.25, -0.2) is 0 Å². The van der Waals surface area contributed by atoms with E-state index in [2.05, 4.69) is 67.2 Å². The first-order chi connectivity index (χ1) is 12.7. The second-order valence-electron chi connectivity index (χ2n) is 8.09. The van der Waals surface area contributed by atoms with Crippen molar-refractivity contribution >= 4 is 19.5 Å². The average Bonchev–Trinajstić information content (AvgIpc) is 2.61. The van der Waals surface area contributed by atoms with E-state index in [-0.39, 0.29) is 22.5 Å². The topological polar surface area (TPSA) is 40.2 Å². The third-order valence-corrected chi connectivity index (χ3v) is 9.64. The molecule has 164 valence electrons. The van der Waals surface area contributed by atoms with E-state index < -0.39 is 19.5 Å². The highest BCUT2D eigenvalue weighted by atomic mass is 28.2. The van der Waals surface area contributed by atoms with Crippen molar-refractivity contribution in [3.05, 3.63) is 0 Å². The molecule has 0 aromatic rings. The van der Waals surface area contributed by atoms with Crippen molar-refractivity contribution in [3.63, 3.8) is 0 Å². The molecule has 0 saturated heterocycles. The van der Waals surface area contributed by atoms with E-state index in [0.717, 1.165) is 45.8 Å². The molecule has 0 aliphatic rings. The first-order valence-electron chi connectivity index (χ1n) is 10.9. The second kappa shape index (κ2) is 14.3. The Morgan fingerprint density at radius 2 is 1.07 bits per heavy atom. The standard InChI is InChI=1S/C20H47NO4Si2/c1-10-15-22-17(26-24-13-4)19(6,7)21(12-3)20(8,9)18(23-16-11-2)27-25-14-5/h17-18H,10-16,26-27H2,1-9H3. The van der Waals surface area contributed by atoms with Gasteiger partial charge in [0.1, 0.15) is 0 Å². The Morgan fingerprint density at radius 1 is 0.704 bits per heavy atom. The molecular weight excluding hydrogens is 374 g/mol. The number of nitrogens with zero attached hydrogens (tertiary/aromatic N) is 1. The van der Waals surface area contributed by atoms with Crippen molar-refractivity contribution in [2.75, 3.05) is 33.0 Å². The SMILES string of the molecule is CCCOC([SiH2]OCC)C(C)(C)N(CC)C(C)(C)C(OCCC)[SiH2]OCC. The Morgan fingerprint density at radius 3 is 1.33 bits per heavy atom. The normalized spacial score (nSPS) is 16.2. The van der Waals surface area contributed by atoms with Gasteiger partial charge in [0.25, 0.3) is 0 Å². The molecule has 2 unspecified atom stereocenters. The zero-order chi connectivity index (χ0) is 20.9. The van der Waals surface area contributed by atoms with E-state index in [1.165, 1.54) is 0 Å². The average molecular weight is 422 g/mol. The Kier molecular flexibility index (Phi) is 14.4. The summed E-state index contributed by atoms with van der Waals surface area (Å²) in [5, 5.41) is 0. The highest BCUT2D eigenvalue weighted by molar-refractivity contribution is 6.30. The Labute approximate surface area is 173 Å². The highest BCUT2D eigenvalue weighted by Crippen LogP contribution is 2.32. The van der Waals surface area contributed by atoms with Gasteiger partial charge in [-0.15, -0.1) is 0 Å². The summed E-state index contributed by atoms with van der Waals surface area (Å²) in [6.45, 7) is 24.0. The van der Waals surface area contributed by atoms with Crippen LogP contribution in [0.15, 0.2) is 0 Å². The van der Waals surface area contributed by atoms with E-state index in [4.69, 9.17) is 18.3 Å². The molecular formula is C20H47NO4Si2. The van der Waals surface area contributed by atoms with Crippen molar-refractivity contribution in [3.8, 4) is 0 Å². The van der Waals surface area contributed by atoms with Gasteiger partial charge in [-0.2, -0.15) is 0 Å². The summed E-state index contributed by atoms with van der Waals surface area (Å²) in [7, 11) is -1.58. The lowest BCUT2D eigenvalue weighted by Crippen LogP contribution is -2.67. The van der Waals surface area contributed by atoms with E-state index in [9.17, 15) is 0 Å². The van der Waals surface area contributed by atoms with Crippen LogP contribution < -0.4 is 0 Å². The van der Waals surface area contributed by atoms with E-state index in [0.29, 0.717) is 0 Å². The molecule has 2 atom stereocenters. The van der Waals surface area contributed by atoms with Crippen LogP contribution in [0.1, 0.15) is 75.2 Å². The molecule has 0 aromatic heterocycles. The number of likely N-dealkylation sites (N-methyl/N-ethyl adjacent to an activating group) is 1. The van der Waals surface area contributed by atoms with Crippen LogP contribution >= 0.6 is 0 Å². The Bertz CT molecular complexity index is 322. The molecule has 0 saturated carbocycles. The van der Waals surface area contributed by atoms with Crippen molar-refractivity contribution in [2.24, 2.45) is 0 Å². The summed E-state index contributed by atoms with van der Waals surface area (Å²) < 4.78 is 24.5. The first kappa shape index (κ1) is 27.2. The Hall–Kier alpha value is 0.234. The minimum atomic E-state index is -0.790. The maximum Gasteiger partial charge on any atom is 0.192 e. The van der Waals surface area contributed by atoms with Gasteiger partial charge < -0.3 is 18.3 Å². The highest BCUT2D eigenvalue weighted by Gasteiger charge is 2.46. The molecule has 0 aliphatic heterocycles. The van der Waals surface area contributed by atoms with E-state index in [1.54, 1.807) is 0 Å². The smallest absolute Gasteiger partial charge is 0.192 e. The van der Waals surface area contributed by atoms with Gasteiger partial charge in [0.05, 0.1) is 11.5 Å². The molecule has 0 N–H and O–H groups in total. The van der Waals surface area contributed by atoms with Crippen molar-refractivity contribution in [1.29, 1.82) is 0 Å². The number of hydrogen-bond donors (Lipinski definition) is 0. The molecule has 0 radical (unpaired) electrons. The van der Waals surface area contributed by atoms with Crippen LogP contribution in [-0.2, 0) is 18.3 Å². The van der Waals surface area contributed by atoms with Crippen LogP contribution in [0.4, 0.5) is 0 Å². The lowest BCUT2D eigenvalue weighted by Gasteiger charge is -2.53. The van der Waals surface area contributed by atoms with Crippen LogP contribution in [-0.4, -0.2) is 79.9 Å². The third kappa shape index (κ3) is 8.64. The van der Waals surface area contributed by atoms with E-state index >= 15 is 0 Å². The number of ether oxygens (including phenoxy) is 2. The van der Waals surface area contributed by atoms with Gasteiger partial charge in [-0.3, -0.25) is 4.90 Å². The lowest BCUT2D eigenvalue weighted by atomic mass is 9.93. The van der Waals surface area contributed by atoms with Gasteiger partial charge >= 0.3 is 0 Å². The molecule has 0 amide bonds. The summed E-state index contributed by atoms with van der Waals surface area (Å²) in [4.78, 5) is 2.57. The predicted molar refractivity (Wildman–Crippen MR) is 121 cm³/mol. The monoisotopic (exact) mass is 421 g/mol. The molecule has 0 aromatic carbocycles. The van der Waals surface area contributed by atoms with Gasteiger partial charge in [0.2, 0.25) is 0 Å². The van der Waals surface area contributed by atoms with Gasteiger partial charge in [-0.05, 0) is 60.9 Å². The fourth-order valence-corrected chi connectivity index (χ4v) is 6.47. The molecule has 0 heterocycles. The largest absolute Gasteiger partial charge is 0.422 e. The zero-order valence-electron chi connectivity index (χ0n) is 19.6. The van der Waals surface area contributed by atoms with Crippen molar-refractivity contribution in [2.45, 2.75) is 97.7 Å². The van der Waals surface area contributed by atoms with Crippen LogP contribution in [0, 0.1) is 0 Å². The van der Waals surface area contributed by atoms with Crippen LogP contribution in [0.2, 0.25) is 0 Å². The second-order valence-corrected chi connectivity index (χ2v) is 11.1. The summed E-state index contributed by atoms with van der Waals surface area (Å²) in [6, 6.07) is 0. The molecule has 7 heteroatoms. The van der Waals surface area contributed by atoms with Crippen molar-refractivity contribution in [1.82, 2.24) is 4.90 Å². The van der Waals surface area contributed by atoms with E-state index in [1.807, 2.05) is 0 Å². The maximum absolute atomic E-state index is 6.31.